The van der Waals surface area contributed by atoms with Crippen molar-refractivity contribution in [3.63, 3.8) is 0 Å². The van der Waals surface area contributed by atoms with Crippen molar-refractivity contribution in [3.8, 4) is 0 Å². The highest BCUT2D eigenvalue weighted by atomic mass is 16.5. The van der Waals surface area contributed by atoms with Crippen LogP contribution in [0, 0.1) is 6.92 Å². The molecule has 1 unspecified atom stereocenters. The number of pyridine rings is 1. The number of benzene rings is 2. The number of aromatic nitrogens is 1. The molecule has 196 valence electrons. The lowest BCUT2D eigenvalue weighted by molar-refractivity contribution is -0.143. The summed E-state index contributed by atoms with van der Waals surface area (Å²) in [5, 5.41) is 2.96. The van der Waals surface area contributed by atoms with E-state index in [4.69, 9.17) is 4.74 Å². The SMILES string of the molecule is Cc1cccc(C(=O)N2C(C(=O)NCc3ccncc3)COC23CCN(C(=O)Cc2ccccc2)CC3)c1. The highest BCUT2D eigenvalue weighted by Gasteiger charge is 2.54. The highest BCUT2D eigenvalue weighted by Crippen LogP contribution is 2.38. The molecule has 2 fully saturated rings. The molecule has 1 atom stereocenters. The van der Waals surface area contributed by atoms with Gasteiger partial charge in [-0.05, 0) is 42.3 Å². The highest BCUT2D eigenvalue weighted by molar-refractivity contribution is 5.98. The van der Waals surface area contributed by atoms with Crippen LogP contribution in [-0.4, -0.2) is 64.0 Å². The Balaban J connectivity index is 1.33. The molecule has 8 nitrogen and oxygen atoms in total. The summed E-state index contributed by atoms with van der Waals surface area (Å²) in [6.45, 7) is 3.28. The largest absolute Gasteiger partial charge is 0.353 e. The molecular formula is C30H32N4O4. The van der Waals surface area contributed by atoms with Gasteiger partial charge in [-0.15, -0.1) is 0 Å². The number of nitrogens with one attached hydrogen (secondary N) is 1. The van der Waals surface area contributed by atoms with Crippen molar-refractivity contribution in [2.24, 2.45) is 0 Å². The molecule has 1 N–H and O–H groups in total. The topological polar surface area (TPSA) is 91.8 Å². The van der Waals surface area contributed by atoms with E-state index in [1.165, 1.54) is 0 Å². The van der Waals surface area contributed by atoms with Crippen LogP contribution in [0.1, 0.15) is 39.9 Å². The summed E-state index contributed by atoms with van der Waals surface area (Å²) in [4.78, 5) is 47.7. The van der Waals surface area contributed by atoms with E-state index in [1.54, 1.807) is 23.4 Å². The lowest BCUT2D eigenvalue weighted by Gasteiger charge is -2.44. The normalized spacial score (nSPS) is 18.4. The van der Waals surface area contributed by atoms with E-state index in [9.17, 15) is 14.4 Å². The van der Waals surface area contributed by atoms with Gasteiger partial charge in [0.2, 0.25) is 11.8 Å². The average molecular weight is 513 g/mol. The van der Waals surface area contributed by atoms with Gasteiger partial charge in [-0.3, -0.25) is 24.3 Å². The van der Waals surface area contributed by atoms with Crippen molar-refractivity contribution in [1.29, 1.82) is 0 Å². The van der Waals surface area contributed by atoms with Crippen LogP contribution in [0.2, 0.25) is 0 Å². The van der Waals surface area contributed by atoms with E-state index in [-0.39, 0.29) is 24.3 Å². The Labute approximate surface area is 222 Å². The number of nitrogens with zero attached hydrogens (tertiary/aromatic N) is 3. The zero-order valence-electron chi connectivity index (χ0n) is 21.5. The zero-order chi connectivity index (χ0) is 26.5. The van der Waals surface area contributed by atoms with Gasteiger partial charge in [-0.2, -0.15) is 0 Å². The molecule has 3 amide bonds. The van der Waals surface area contributed by atoms with Crippen LogP contribution in [0.4, 0.5) is 0 Å². The first-order valence-electron chi connectivity index (χ1n) is 13.0. The summed E-state index contributed by atoms with van der Waals surface area (Å²) < 4.78 is 6.30. The Morgan fingerprint density at radius 1 is 0.974 bits per heavy atom. The van der Waals surface area contributed by atoms with Crippen molar-refractivity contribution < 1.29 is 19.1 Å². The van der Waals surface area contributed by atoms with Crippen LogP contribution < -0.4 is 5.32 Å². The number of rotatable bonds is 6. The summed E-state index contributed by atoms with van der Waals surface area (Å²) in [5.41, 5.74) is 2.43. The maximum Gasteiger partial charge on any atom is 0.256 e. The molecule has 0 bridgehead atoms. The Morgan fingerprint density at radius 3 is 2.42 bits per heavy atom. The first-order chi connectivity index (χ1) is 18.4. The molecule has 2 aromatic carbocycles. The third-order valence-corrected chi connectivity index (χ3v) is 7.36. The monoisotopic (exact) mass is 512 g/mol. The number of hydrogen-bond acceptors (Lipinski definition) is 5. The molecule has 0 saturated carbocycles. The van der Waals surface area contributed by atoms with Crippen LogP contribution in [0.15, 0.2) is 79.1 Å². The van der Waals surface area contributed by atoms with Crippen molar-refractivity contribution in [2.75, 3.05) is 19.7 Å². The van der Waals surface area contributed by atoms with Crippen LogP contribution in [0.3, 0.4) is 0 Å². The van der Waals surface area contributed by atoms with Crippen molar-refractivity contribution in [1.82, 2.24) is 20.1 Å². The van der Waals surface area contributed by atoms with E-state index in [0.29, 0.717) is 44.5 Å². The predicted molar refractivity (Wildman–Crippen MR) is 142 cm³/mol. The minimum absolute atomic E-state index is 0.0484. The number of aryl methyl sites for hydroxylation is 1. The fourth-order valence-corrected chi connectivity index (χ4v) is 5.28. The van der Waals surface area contributed by atoms with E-state index >= 15 is 0 Å². The summed E-state index contributed by atoms with van der Waals surface area (Å²) in [6.07, 6.45) is 4.57. The number of carbonyl (C=O) groups excluding carboxylic acids is 3. The van der Waals surface area contributed by atoms with E-state index < -0.39 is 11.8 Å². The van der Waals surface area contributed by atoms with Crippen LogP contribution in [-0.2, 0) is 27.3 Å². The third kappa shape index (κ3) is 5.45. The molecule has 2 aliphatic heterocycles. The summed E-state index contributed by atoms with van der Waals surface area (Å²) in [5.74, 6) is -0.450. The lowest BCUT2D eigenvalue weighted by Crippen LogP contribution is -2.59. The van der Waals surface area contributed by atoms with Gasteiger partial charge in [-0.25, -0.2) is 0 Å². The molecule has 1 aromatic heterocycles. The van der Waals surface area contributed by atoms with Gasteiger partial charge in [0.05, 0.1) is 13.0 Å². The van der Waals surface area contributed by atoms with Gasteiger partial charge < -0.3 is 15.0 Å². The molecule has 3 aromatic rings. The fourth-order valence-electron chi connectivity index (χ4n) is 5.28. The molecule has 8 heteroatoms. The Hall–Kier alpha value is -4.04. The Morgan fingerprint density at radius 2 is 1.71 bits per heavy atom. The second-order valence-electron chi connectivity index (χ2n) is 9.93. The summed E-state index contributed by atoms with van der Waals surface area (Å²) in [7, 11) is 0. The van der Waals surface area contributed by atoms with E-state index in [0.717, 1.165) is 16.7 Å². The number of amides is 3. The van der Waals surface area contributed by atoms with E-state index in [1.807, 2.05) is 72.5 Å². The first kappa shape index (κ1) is 25.6. The van der Waals surface area contributed by atoms with Gasteiger partial charge in [-0.1, -0.05) is 48.0 Å². The molecule has 5 rings (SSSR count). The molecule has 2 aliphatic rings. The Bertz CT molecular complexity index is 1290. The first-order valence-corrected chi connectivity index (χ1v) is 13.0. The van der Waals surface area contributed by atoms with Gasteiger partial charge in [0.25, 0.3) is 5.91 Å². The molecule has 1 spiro atoms. The molecule has 2 saturated heterocycles. The van der Waals surface area contributed by atoms with Crippen LogP contribution in [0.5, 0.6) is 0 Å². The van der Waals surface area contributed by atoms with Gasteiger partial charge in [0.15, 0.2) is 0 Å². The zero-order valence-corrected chi connectivity index (χ0v) is 21.5. The fraction of sp³-hybridized carbons (Fsp3) is 0.333. The second-order valence-corrected chi connectivity index (χ2v) is 9.93. The van der Waals surface area contributed by atoms with Gasteiger partial charge in [0, 0.05) is 50.4 Å². The minimum atomic E-state index is -0.941. The number of likely N-dealkylation sites (tertiary alicyclic amines) is 1. The molecule has 3 heterocycles. The standard InChI is InChI=1S/C30H32N4O4/c1-22-6-5-9-25(18-22)29(37)34-26(28(36)32-20-24-10-14-31-15-11-24)21-38-30(34)12-16-33(17-13-30)27(35)19-23-7-3-2-4-8-23/h2-11,14-15,18,26H,12-13,16-17,19-21H2,1H3,(H,32,36). The Kier molecular flexibility index (Phi) is 7.51. The lowest BCUT2D eigenvalue weighted by atomic mass is 9.96. The maximum atomic E-state index is 13.9. The van der Waals surface area contributed by atoms with Gasteiger partial charge in [0.1, 0.15) is 11.8 Å². The number of ether oxygens (including phenoxy) is 1. The van der Waals surface area contributed by atoms with Crippen LogP contribution >= 0.6 is 0 Å². The number of carbonyl (C=O) groups is 3. The smallest absolute Gasteiger partial charge is 0.256 e. The predicted octanol–water partition coefficient (Wildman–Crippen LogP) is 3.11. The minimum Gasteiger partial charge on any atom is -0.353 e. The van der Waals surface area contributed by atoms with Gasteiger partial charge >= 0.3 is 0 Å². The third-order valence-electron chi connectivity index (χ3n) is 7.36. The van der Waals surface area contributed by atoms with Crippen molar-refractivity contribution in [2.45, 2.75) is 44.5 Å². The van der Waals surface area contributed by atoms with Crippen LogP contribution in [0.25, 0.3) is 0 Å². The number of piperidine rings is 1. The molecule has 38 heavy (non-hydrogen) atoms. The second kappa shape index (κ2) is 11.1. The molecule has 0 radical (unpaired) electrons. The quantitative estimate of drug-likeness (QED) is 0.548. The molecular weight excluding hydrogens is 480 g/mol. The van der Waals surface area contributed by atoms with Crippen molar-refractivity contribution in [3.05, 3.63) is 101 Å². The summed E-state index contributed by atoms with van der Waals surface area (Å²) >= 11 is 0. The van der Waals surface area contributed by atoms with Crippen molar-refractivity contribution >= 4 is 17.7 Å². The summed E-state index contributed by atoms with van der Waals surface area (Å²) in [6, 6.07) is 20.0. The van der Waals surface area contributed by atoms with E-state index in [2.05, 4.69) is 10.3 Å². The maximum absolute atomic E-state index is 13.9. The number of hydrogen-bond donors (Lipinski definition) is 1. The average Bonchev–Trinajstić information content (AvgIpc) is 3.31. The molecule has 0 aliphatic carbocycles.